The summed E-state index contributed by atoms with van der Waals surface area (Å²) in [4.78, 5) is 13.5. The number of nitrogens with zero attached hydrogens (tertiary/aromatic N) is 1. The van der Waals surface area contributed by atoms with Crippen LogP contribution in [-0.2, 0) is 9.53 Å². The van der Waals surface area contributed by atoms with E-state index in [-0.39, 0.29) is 12.0 Å². The van der Waals surface area contributed by atoms with Gasteiger partial charge < -0.3 is 15.4 Å². The molecule has 1 atom stereocenters. The van der Waals surface area contributed by atoms with Gasteiger partial charge in [-0.1, -0.05) is 13.3 Å². The Labute approximate surface area is 86.4 Å². The Balaban J connectivity index is 4.10. The summed E-state index contributed by atoms with van der Waals surface area (Å²) in [6, 6.07) is 0. The van der Waals surface area contributed by atoms with Crippen molar-refractivity contribution < 1.29 is 9.53 Å². The summed E-state index contributed by atoms with van der Waals surface area (Å²) in [5, 5.41) is 0. The van der Waals surface area contributed by atoms with Gasteiger partial charge in [0.1, 0.15) is 6.10 Å². The molecule has 0 fully saturated rings. The van der Waals surface area contributed by atoms with Gasteiger partial charge in [-0.2, -0.15) is 0 Å². The fourth-order valence-electron chi connectivity index (χ4n) is 1.19. The maximum absolute atomic E-state index is 11.7. The Morgan fingerprint density at radius 3 is 2.57 bits per heavy atom. The molecule has 0 rings (SSSR count). The summed E-state index contributed by atoms with van der Waals surface area (Å²) in [6.07, 6.45) is 1.73. The quantitative estimate of drug-likeness (QED) is 0.658. The maximum atomic E-state index is 11.7. The van der Waals surface area contributed by atoms with Crippen LogP contribution in [0, 0.1) is 0 Å². The van der Waals surface area contributed by atoms with Crippen LogP contribution in [0.2, 0.25) is 0 Å². The number of ether oxygens (including phenoxy) is 1. The number of hydrogen-bond acceptors (Lipinski definition) is 3. The topological polar surface area (TPSA) is 55.6 Å². The van der Waals surface area contributed by atoms with Crippen LogP contribution in [0.4, 0.5) is 0 Å². The summed E-state index contributed by atoms with van der Waals surface area (Å²) in [5.74, 6) is 0.0337. The third-order valence-electron chi connectivity index (χ3n) is 2.19. The molecule has 0 saturated carbocycles. The third-order valence-corrected chi connectivity index (χ3v) is 2.19. The molecule has 4 nitrogen and oxygen atoms in total. The SMILES string of the molecule is CCCCN(CCN)C(=O)C(C)OC. The molecule has 0 radical (unpaired) electrons. The number of hydrogen-bond donors (Lipinski definition) is 1. The van der Waals surface area contributed by atoms with Crippen molar-refractivity contribution in [3.63, 3.8) is 0 Å². The van der Waals surface area contributed by atoms with Crippen LogP contribution in [0.3, 0.4) is 0 Å². The molecule has 84 valence electrons. The van der Waals surface area contributed by atoms with Gasteiger partial charge in [0.25, 0.3) is 5.91 Å². The number of rotatable bonds is 7. The molecule has 0 aliphatic heterocycles. The first kappa shape index (κ1) is 13.4. The average molecular weight is 202 g/mol. The lowest BCUT2D eigenvalue weighted by Gasteiger charge is -2.24. The summed E-state index contributed by atoms with van der Waals surface area (Å²) in [6.45, 7) is 5.77. The van der Waals surface area contributed by atoms with E-state index in [4.69, 9.17) is 10.5 Å². The zero-order chi connectivity index (χ0) is 11.0. The minimum Gasteiger partial charge on any atom is -0.372 e. The largest absolute Gasteiger partial charge is 0.372 e. The molecule has 0 heterocycles. The van der Waals surface area contributed by atoms with Crippen LogP contribution in [0.25, 0.3) is 0 Å². The molecule has 1 unspecified atom stereocenters. The van der Waals surface area contributed by atoms with Crippen molar-refractivity contribution in [2.45, 2.75) is 32.8 Å². The van der Waals surface area contributed by atoms with Crippen LogP contribution in [0.1, 0.15) is 26.7 Å². The van der Waals surface area contributed by atoms with Crippen LogP contribution in [0.5, 0.6) is 0 Å². The predicted molar refractivity (Wildman–Crippen MR) is 57.0 cm³/mol. The highest BCUT2D eigenvalue weighted by atomic mass is 16.5. The van der Waals surface area contributed by atoms with E-state index in [0.29, 0.717) is 13.1 Å². The van der Waals surface area contributed by atoms with Gasteiger partial charge >= 0.3 is 0 Å². The van der Waals surface area contributed by atoms with Gasteiger partial charge in [0.2, 0.25) is 0 Å². The Bertz CT molecular complexity index is 162. The van der Waals surface area contributed by atoms with Crippen molar-refractivity contribution in [1.82, 2.24) is 4.90 Å². The van der Waals surface area contributed by atoms with Gasteiger partial charge in [0, 0.05) is 26.7 Å². The monoisotopic (exact) mass is 202 g/mol. The molecule has 0 aromatic rings. The van der Waals surface area contributed by atoms with Crippen molar-refractivity contribution in [3.05, 3.63) is 0 Å². The number of carbonyl (C=O) groups is 1. The first-order valence-corrected chi connectivity index (χ1v) is 5.19. The summed E-state index contributed by atoms with van der Waals surface area (Å²) in [7, 11) is 1.54. The second-order valence-corrected chi connectivity index (χ2v) is 3.35. The first-order chi connectivity index (χ1) is 6.67. The second kappa shape index (κ2) is 7.76. The number of amides is 1. The summed E-state index contributed by atoms with van der Waals surface area (Å²) >= 11 is 0. The van der Waals surface area contributed by atoms with E-state index in [0.717, 1.165) is 19.4 Å². The summed E-state index contributed by atoms with van der Waals surface area (Å²) in [5.41, 5.74) is 5.45. The molecule has 1 amide bonds. The minimum absolute atomic E-state index is 0.0337. The lowest BCUT2D eigenvalue weighted by molar-refractivity contribution is -0.140. The van der Waals surface area contributed by atoms with Gasteiger partial charge in [-0.05, 0) is 13.3 Å². The Hall–Kier alpha value is -0.610. The number of unbranched alkanes of at least 4 members (excludes halogenated alkanes) is 1. The predicted octanol–water partition coefficient (Wildman–Crippen LogP) is 0.609. The molecule has 0 spiro atoms. The highest BCUT2D eigenvalue weighted by molar-refractivity contribution is 5.80. The molecule has 0 bridgehead atoms. The highest BCUT2D eigenvalue weighted by Gasteiger charge is 2.18. The van der Waals surface area contributed by atoms with E-state index in [9.17, 15) is 4.79 Å². The average Bonchev–Trinajstić information content (AvgIpc) is 2.22. The molecule has 14 heavy (non-hydrogen) atoms. The Kier molecular flexibility index (Phi) is 7.42. The fraction of sp³-hybridized carbons (Fsp3) is 0.900. The molecule has 0 aromatic heterocycles. The smallest absolute Gasteiger partial charge is 0.251 e. The zero-order valence-electron chi connectivity index (χ0n) is 9.45. The number of nitrogens with two attached hydrogens (primary N) is 1. The van der Waals surface area contributed by atoms with Gasteiger partial charge in [-0.15, -0.1) is 0 Å². The van der Waals surface area contributed by atoms with E-state index in [1.54, 1.807) is 18.9 Å². The summed E-state index contributed by atoms with van der Waals surface area (Å²) < 4.78 is 4.99. The van der Waals surface area contributed by atoms with Crippen LogP contribution >= 0.6 is 0 Å². The Morgan fingerprint density at radius 2 is 2.14 bits per heavy atom. The molecule has 0 saturated heterocycles. The normalized spacial score (nSPS) is 12.6. The zero-order valence-corrected chi connectivity index (χ0v) is 9.45. The van der Waals surface area contributed by atoms with Crippen LogP contribution < -0.4 is 5.73 Å². The molecule has 0 aliphatic rings. The minimum atomic E-state index is -0.363. The molecular weight excluding hydrogens is 180 g/mol. The second-order valence-electron chi connectivity index (χ2n) is 3.35. The van der Waals surface area contributed by atoms with Crippen LogP contribution in [-0.4, -0.2) is 43.7 Å². The molecular formula is C10H22N2O2. The third kappa shape index (κ3) is 4.58. The number of carbonyl (C=O) groups excluding carboxylic acids is 1. The van der Waals surface area contributed by atoms with Crippen molar-refractivity contribution >= 4 is 5.91 Å². The highest BCUT2D eigenvalue weighted by Crippen LogP contribution is 2.00. The first-order valence-electron chi connectivity index (χ1n) is 5.19. The van der Waals surface area contributed by atoms with Crippen LogP contribution in [0.15, 0.2) is 0 Å². The number of methoxy groups -OCH3 is 1. The Morgan fingerprint density at radius 1 is 1.50 bits per heavy atom. The van der Waals surface area contributed by atoms with Gasteiger partial charge in [-0.3, -0.25) is 4.79 Å². The van der Waals surface area contributed by atoms with Crippen molar-refractivity contribution in [3.8, 4) is 0 Å². The van der Waals surface area contributed by atoms with E-state index < -0.39 is 0 Å². The lowest BCUT2D eigenvalue weighted by atomic mass is 10.2. The van der Waals surface area contributed by atoms with E-state index in [1.807, 2.05) is 0 Å². The standard InChI is InChI=1S/C10H22N2O2/c1-4-5-7-12(8-6-11)10(13)9(2)14-3/h9H,4-8,11H2,1-3H3. The van der Waals surface area contributed by atoms with Crippen molar-refractivity contribution in [1.29, 1.82) is 0 Å². The van der Waals surface area contributed by atoms with E-state index >= 15 is 0 Å². The molecule has 0 aliphatic carbocycles. The molecule has 4 heteroatoms. The molecule has 0 aromatic carbocycles. The fourth-order valence-corrected chi connectivity index (χ4v) is 1.19. The van der Waals surface area contributed by atoms with E-state index in [2.05, 4.69) is 6.92 Å². The van der Waals surface area contributed by atoms with Gasteiger partial charge in [-0.25, -0.2) is 0 Å². The lowest BCUT2D eigenvalue weighted by Crippen LogP contribution is -2.42. The van der Waals surface area contributed by atoms with Crippen molar-refractivity contribution in [2.24, 2.45) is 5.73 Å². The van der Waals surface area contributed by atoms with Crippen molar-refractivity contribution in [2.75, 3.05) is 26.7 Å². The van der Waals surface area contributed by atoms with Gasteiger partial charge in [0.15, 0.2) is 0 Å². The molecule has 2 N–H and O–H groups in total. The maximum Gasteiger partial charge on any atom is 0.251 e. The van der Waals surface area contributed by atoms with E-state index in [1.165, 1.54) is 0 Å². The van der Waals surface area contributed by atoms with Gasteiger partial charge in [0.05, 0.1) is 0 Å².